The van der Waals surface area contributed by atoms with Crippen LogP contribution in [0.5, 0.6) is 0 Å². The van der Waals surface area contributed by atoms with Gasteiger partial charge in [0.2, 0.25) is 0 Å². The van der Waals surface area contributed by atoms with Crippen LogP contribution >= 0.6 is 0 Å². The molecule has 3 heterocycles. The first kappa shape index (κ1) is 31.5. The summed E-state index contributed by atoms with van der Waals surface area (Å²) in [7, 11) is 0. The molecule has 0 N–H and O–H groups in total. The second-order valence-electron chi connectivity index (χ2n) is 15.5. The van der Waals surface area contributed by atoms with Crippen molar-refractivity contribution >= 4 is 65.3 Å². The molecule has 3 heteroatoms. The molecule has 0 aliphatic heterocycles. The number of benzene rings is 9. The molecule has 0 unspecified atom stereocenters. The van der Waals surface area contributed by atoms with Crippen LogP contribution < -0.4 is 0 Å². The van der Waals surface area contributed by atoms with Crippen molar-refractivity contribution in [3.63, 3.8) is 0 Å². The molecule has 1 aliphatic rings. The maximum Gasteiger partial charge on any atom is 0.0722 e. The lowest BCUT2D eigenvalue weighted by Gasteiger charge is -2.11. The molecule has 3 aromatic heterocycles. The molecular formula is C55H33N3. The molecule has 9 aromatic carbocycles. The number of rotatable bonds is 4. The predicted molar refractivity (Wildman–Crippen MR) is 243 cm³/mol. The molecule has 0 atom stereocenters. The summed E-state index contributed by atoms with van der Waals surface area (Å²) in [5.41, 5.74) is 17.8. The summed E-state index contributed by atoms with van der Waals surface area (Å²) >= 11 is 0. The molecule has 0 fully saturated rings. The smallest absolute Gasteiger partial charge is 0.0722 e. The Morgan fingerprint density at radius 1 is 0.310 bits per heavy atom. The average molecular weight is 736 g/mol. The summed E-state index contributed by atoms with van der Waals surface area (Å²) in [4.78, 5) is 5.18. The Morgan fingerprint density at radius 2 is 0.914 bits per heavy atom. The molecule has 13 rings (SSSR count). The Kier molecular flexibility index (Phi) is 6.44. The Morgan fingerprint density at radius 3 is 1.76 bits per heavy atom. The molecule has 0 saturated carbocycles. The molecule has 0 bridgehead atoms. The summed E-state index contributed by atoms with van der Waals surface area (Å²) in [5.74, 6) is 0. The first-order valence-electron chi connectivity index (χ1n) is 20.0. The van der Waals surface area contributed by atoms with Gasteiger partial charge in [0.1, 0.15) is 0 Å². The van der Waals surface area contributed by atoms with E-state index >= 15 is 0 Å². The molecule has 0 spiro atoms. The highest BCUT2D eigenvalue weighted by Gasteiger charge is 2.23. The summed E-state index contributed by atoms with van der Waals surface area (Å²) in [6, 6.07) is 73.1. The SMILES string of the molecule is c1ccc(-n2c3ccccc3c3cc(-c4ccc5c(ccc6c5c5ccccc5n6-c5ccc(-c6cc7c8c(cccc8n6)-c6ccccc6-7)cc5)c4)ccc32)cc1. The third kappa shape index (κ3) is 4.41. The quantitative estimate of drug-likeness (QED) is 0.176. The Labute approximate surface area is 334 Å². The Balaban J connectivity index is 0.917. The predicted octanol–water partition coefficient (Wildman–Crippen LogP) is 14.6. The van der Waals surface area contributed by atoms with E-state index in [0.717, 1.165) is 22.5 Å². The molecule has 0 amide bonds. The Hall–Kier alpha value is -7.75. The van der Waals surface area contributed by atoms with Crippen LogP contribution in [0.2, 0.25) is 0 Å². The number of hydrogen-bond donors (Lipinski definition) is 0. The zero-order valence-corrected chi connectivity index (χ0v) is 31.4. The lowest BCUT2D eigenvalue weighted by Crippen LogP contribution is -1.94. The molecule has 268 valence electrons. The van der Waals surface area contributed by atoms with Gasteiger partial charge in [-0.2, -0.15) is 0 Å². The van der Waals surface area contributed by atoms with E-state index in [9.17, 15) is 0 Å². The van der Waals surface area contributed by atoms with E-state index in [4.69, 9.17) is 4.98 Å². The molecule has 0 radical (unpaired) electrons. The maximum atomic E-state index is 5.18. The van der Waals surface area contributed by atoms with Crippen molar-refractivity contribution < 1.29 is 0 Å². The first-order chi connectivity index (χ1) is 28.8. The molecule has 0 saturated heterocycles. The number of hydrogen-bond acceptors (Lipinski definition) is 1. The van der Waals surface area contributed by atoms with E-state index in [1.54, 1.807) is 0 Å². The van der Waals surface area contributed by atoms with Gasteiger partial charge < -0.3 is 9.13 Å². The number of fused-ring (bicyclic) bond motifs is 11. The van der Waals surface area contributed by atoms with Gasteiger partial charge in [-0.1, -0.05) is 127 Å². The van der Waals surface area contributed by atoms with Crippen molar-refractivity contribution in [1.82, 2.24) is 14.1 Å². The molecule has 1 aliphatic carbocycles. The summed E-state index contributed by atoms with van der Waals surface area (Å²) in [6.07, 6.45) is 0. The van der Waals surface area contributed by atoms with Crippen LogP contribution in [-0.4, -0.2) is 14.1 Å². The van der Waals surface area contributed by atoms with Gasteiger partial charge in [0, 0.05) is 43.9 Å². The van der Waals surface area contributed by atoms with Gasteiger partial charge in [-0.15, -0.1) is 0 Å². The van der Waals surface area contributed by atoms with E-state index < -0.39 is 0 Å². The molecule has 12 aromatic rings. The van der Waals surface area contributed by atoms with Gasteiger partial charge in [0.05, 0.1) is 33.3 Å². The van der Waals surface area contributed by atoms with Crippen molar-refractivity contribution in [3.05, 3.63) is 200 Å². The number of nitrogens with zero attached hydrogens (tertiary/aromatic N) is 3. The van der Waals surface area contributed by atoms with Crippen molar-refractivity contribution in [3.8, 4) is 56.0 Å². The Bertz CT molecular complexity index is 3660. The van der Waals surface area contributed by atoms with Crippen LogP contribution in [0.3, 0.4) is 0 Å². The van der Waals surface area contributed by atoms with E-state index in [1.807, 2.05) is 0 Å². The first-order valence-corrected chi connectivity index (χ1v) is 20.0. The van der Waals surface area contributed by atoms with Gasteiger partial charge in [-0.25, -0.2) is 4.98 Å². The van der Waals surface area contributed by atoms with E-state index in [1.165, 1.54) is 98.8 Å². The van der Waals surface area contributed by atoms with Gasteiger partial charge in [-0.3, -0.25) is 0 Å². The summed E-state index contributed by atoms with van der Waals surface area (Å²) < 4.78 is 4.78. The minimum Gasteiger partial charge on any atom is -0.309 e. The fourth-order valence-electron chi connectivity index (χ4n) is 9.87. The standard InChI is InChI=1S/C55H33N3/c1-2-11-38(12-3-1)57-50-19-8-6-15-43(50)46-32-36(24-29-52(46)57)35-23-28-40-37(31-35)25-30-53-55(40)45-16-7-9-20-51(45)58(53)39-26-21-34(22-27-39)49-33-47-42-14-5-4-13-41(42)44-17-10-18-48(56-49)54(44)47/h1-33H. The molecule has 58 heavy (non-hydrogen) atoms. The van der Waals surface area contributed by atoms with Crippen LogP contribution in [0.25, 0.3) is 121 Å². The van der Waals surface area contributed by atoms with Crippen molar-refractivity contribution in [2.75, 3.05) is 0 Å². The van der Waals surface area contributed by atoms with Crippen molar-refractivity contribution in [2.45, 2.75) is 0 Å². The second kappa shape index (κ2) is 11.9. The van der Waals surface area contributed by atoms with E-state index in [2.05, 4.69) is 209 Å². The van der Waals surface area contributed by atoms with Gasteiger partial charge in [0.15, 0.2) is 0 Å². The number of para-hydroxylation sites is 3. The fourth-order valence-corrected chi connectivity index (χ4v) is 9.87. The third-order valence-electron chi connectivity index (χ3n) is 12.4. The lowest BCUT2D eigenvalue weighted by molar-refractivity contribution is 1.18. The van der Waals surface area contributed by atoms with Crippen LogP contribution in [0.4, 0.5) is 0 Å². The van der Waals surface area contributed by atoms with Crippen molar-refractivity contribution in [1.29, 1.82) is 0 Å². The molecular weight excluding hydrogens is 703 g/mol. The van der Waals surface area contributed by atoms with Gasteiger partial charge in [0.25, 0.3) is 0 Å². The second-order valence-corrected chi connectivity index (χ2v) is 15.5. The van der Waals surface area contributed by atoms with Crippen LogP contribution in [0.15, 0.2) is 200 Å². The largest absolute Gasteiger partial charge is 0.309 e. The van der Waals surface area contributed by atoms with Crippen molar-refractivity contribution in [2.24, 2.45) is 0 Å². The van der Waals surface area contributed by atoms with Crippen LogP contribution in [0, 0.1) is 0 Å². The van der Waals surface area contributed by atoms with Crippen LogP contribution in [0.1, 0.15) is 0 Å². The highest BCUT2D eigenvalue weighted by molar-refractivity contribution is 6.22. The molecule has 3 nitrogen and oxygen atoms in total. The summed E-state index contributed by atoms with van der Waals surface area (Å²) in [5, 5.41) is 8.79. The highest BCUT2D eigenvalue weighted by Crippen LogP contribution is 2.48. The summed E-state index contributed by atoms with van der Waals surface area (Å²) in [6.45, 7) is 0. The fraction of sp³-hybridized carbons (Fsp3) is 0. The minimum absolute atomic E-state index is 0.994. The minimum atomic E-state index is 0.994. The van der Waals surface area contributed by atoms with Gasteiger partial charge >= 0.3 is 0 Å². The zero-order chi connectivity index (χ0) is 37.9. The maximum absolute atomic E-state index is 5.18. The topological polar surface area (TPSA) is 22.8 Å². The zero-order valence-electron chi connectivity index (χ0n) is 31.4. The highest BCUT2D eigenvalue weighted by atomic mass is 15.0. The van der Waals surface area contributed by atoms with E-state index in [-0.39, 0.29) is 0 Å². The monoisotopic (exact) mass is 735 g/mol. The average Bonchev–Trinajstić information content (AvgIpc) is 3.93. The van der Waals surface area contributed by atoms with Crippen LogP contribution in [-0.2, 0) is 0 Å². The number of aromatic nitrogens is 3. The normalized spacial score (nSPS) is 12.1. The number of pyridine rings is 1. The van der Waals surface area contributed by atoms with Gasteiger partial charge in [-0.05, 0) is 117 Å². The lowest BCUT2D eigenvalue weighted by atomic mass is 9.97. The third-order valence-corrected chi connectivity index (χ3v) is 12.4. The van der Waals surface area contributed by atoms with E-state index in [0.29, 0.717) is 0 Å².